The largest absolute Gasteiger partial charge is 0.369 e. The second-order valence-electron chi connectivity index (χ2n) is 11.5. The van der Waals surface area contributed by atoms with Crippen molar-refractivity contribution in [3.05, 3.63) is 132 Å². The first-order chi connectivity index (χ1) is 19.3. The number of aliphatic hydroxyl groups excluding tert-OH is 1. The predicted molar refractivity (Wildman–Crippen MR) is 163 cm³/mol. The molecule has 6 aromatic rings. The quantitative estimate of drug-likeness (QED) is 0.254. The number of hydrogen-bond donors (Lipinski definition) is 1. The standard InChI is InChI=1S/C36H30N2O2/c1-36(2,3)25-18-21-31-29(22-25)27-12-7-8-14-30(27)38(31)32-15-9-13-28-33(32)35(40)37(34(28)39)26-19-16-24(17-20-26)23-10-5-4-6-11-23/h4-22,34,39H,1-3H3. The lowest BCUT2D eigenvalue weighted by Gasteiger charge is -2.21. The number of fused-ring (bicyclic) bond motifs is 4. The number of carbonyl (C=O) groups excluding carboxylic acids is 1. The van der Waals surface area contributed by atoms with Gasteiger partial charge in [-0.05, 0) is 58.5 Å². The number of nitrogens with zero attached hydrogens (tertiary/aromatic N) is 2. The van der Waals surface area contributed by atoms with Crippen molar-refractivity contribution in [1.29, 1.82) is 0 Å². The van der Waals surface area contributed by atoms with Crippen LogP contribution in [0.2, 0.25) is 0 Å². The fourth-order valence-corrected chi connectivity index (χ4v) is 5.97. The van der Waals surface area contributed by atoms with Gasteiger partial charge in [-0.3, -0.25) is 9.69 Å². The maximum absolute atomic E-state index is 14.1. The zero-order valence-corrected chi connectivity index (χ0v) is 22.8. The van der Waals surface area contributed by atoms with E-state index < -0.39 is 6.23 Å². The average molecular weight is 523 g/mol. The van der Waals surface area contributed by atoms with Crippen LogP contribution in [0.1, 0.15) is 48.5 Å². The topological polar surface area (TPSA) is 45.5 Å². The Morgan fingerprint density at radius 1 is 0.675 bits per heavy atom. The molecule has 1 aromatic heterocycles. The molecule has 4 nitrogen and oxygen atoms in total. The van der Waals surface area contributed by atoms with Gasteiger partial charge in [-0.25, -0.2) is 0 Å². The highest BCUT2D eigenvalue weighted by atomic mass is 16.3. The highest BCUT2D eigenvalue weighted by molar-refractivity contribution is 6.15. The van der Waals surface area contributed by atoms with Gasteiger partial charge in [0.15, 0.2) is 6.23 Å². The summed E-state index contributed by atoms with van der Waals surface area (Å²) in [6.07, 6.45) is -1.06. The van der Waals surface area contributed by atoms with Crippen molar-refractivity contribution >= 4 is 33.4 Å². The van der Waals surface area contributed by atoms with Crippen molar-refractivity contribution in [3.63, 3.8) is 0 Å². The summed E-state index contributed by atoms with van der Waals surface area (Å²) < 4.78 is 2.17. The zero-order valence-electron chi connectivity index (χ0n) is 22.8. The number of para-hydroxylation sites is 1. The van der Waals surface area contributed by atoms with Gasteiger partial charge in [0, 0.05) is 22.0 Å². The van der Waals surface area contributed by atoms with E-state index in [0.717, 1.165) is 38.6 Å². The average Bonchev–Trinajstić information content (AvgIpc) is 3.44. The monoisotopic (exact) mass is 522 g/mol. The van der Waals surface area contributed by atoms with Crippen molar-refractivity contribution in [2.75, 3.05) is 4.90 Å². The van der Waals surface area contributed by atoms with Crippen LogP contribution in [0.4, 0.5) is 5.69 Å². The van der Waals surface area contributed by atoms with E-state index in [4.69, 9.17) is 0 Å². The van der Waals surface area contributed by atoms with Crippen LogP contribution >= 0.6 is 0 Å². The molecule has 1 atom stereocenters. The van der Waals surface area contributed by atoms with Gasteiger partial charge >= 0.3 is 0 Å². The van der Waals surface area contributed by atoms with Crippen molar-refractivity contribution in [1.82, 2.24) is 4.57 Å². The Hall–Kier alpha value is -4.67. The van der Waals surface area contributed by atoms with E-state index in [1.807, 2.05) is 66.7 Å². The molecule has 40 heavy (non-hydrogen) atoms. The second kappa shape index (κ2) is 8.94. The van der Waals surface area contributed by atoms with E-state index in [0.29, 0.717) is 16.8 Å². The van der Waals surface area contributed by atoms with E-state index in [1.165, 1.54) is 10.5 Å². The number of aromatic nitrogens is 1. The molecule has 0 fully saturated rings. The number of amides is 1. The molecule has 0 saturated carbocycles. The molecule has 196 valence electrons. The van der Waals surface area contributed by atoms with E-state index in [9.17, 15) is 9.90 Å². The Kier molecular flexibility index (Phi) is 5.45. The molecule has 2 heterocycles. The van der Waals surface area contributed by atoms with Crippen molar-refractivity contribution in [3.8, 4) is 16.8 Å². The van der Waals surface area contributed by atoms with Crippen LogP contribution in [0.15, 0.2) is 115 Å². The summed E-state index contributed by atoms with van der Waals surface area (Å²) in [5.41, 5.74) is 8.10. The van der Waals surface area contributed by atoms with Gasteiger partial charge in [-0.1, -0.05) is 99.6 Å². The van der Waals surface area contributed by atoms with Crippen LogP contribution in [0.25, 0.3) is 38.6 Å². The molecule has 0 saturated heterocycles. The molecule has 4 heteroatoms. The van der Waals surface area contributed by atoms with Crippen LogP contribution in [0.5, 0.6) is 0 Å². The lowest BCUT2D eigenvalue weighted by molar-refractivity contribution is 0.0935. The van der Waals surface area contributed by atoms with Crippen LogP contribution in [-0.4, -0.2) is 15.6 Å². The number of hydrogen-bond acceptors (Lipinski definition) is 2. The minimum Gasteiger partial charge on any atom is -0.369 e. The fraction of sp³-hybridized carbons (Fsp3) is 0.139. The Labute approximate surface area is 233 Å². The van der Waals surface area contributed by atoms with Crippen LogP contribution in [0.3, 0.4) is 0 Å². The Morgan fingerprint density at radius 2 is 1.35 bits per heavy atom. The molecule has 1 unspecified atom stereocenters. The maximum Gasteiger partial charge on any atom is 0.263 e. The molecule has 1 aliphatic heterocycles. The summed E-state index contributed by atoms with van der Waals surface area (Å²) >= 11 is 0. The maximum atomic E-state index is 14.1. The van der Waals surface area contributed by atoms with Crippen molar-refractivity contribution in [2.24, 2.45) is 0 Å². The summed E-state index contributed by atoms with van der Waals surface area (Å²) in [4.78, 5) is 15.6. The molecule has 0 spiro atoms. The number of anilines is 1. The number of carbonyl (C=O) groups is 1. The third kappa shape index (κ3) is 3.68. The molecule has 7 rings (SSSR count). The summed E-state index contributed by atoms with van der Waals surface area (Å²) in [5.74, 6) is -0.206. The van der Waals surface area contributed by atoms with Gasteiger partial charge in [0.2, 0.25) is 0 Å². The summed E-state index contributed by atoms with van der Waals surface area (Å²) in [7, 11) is 0. The van der Waals surface area contributed by atoms with Gasteiger partial charge < -0.3 is 9.67 Å². The highest BCUT2D eigenvalue weighted by Gasteiger charge is 2.39. The smallest absolute Gasteiger partial charge is 0.263 e. The number of aliphatic hydroxyl groups is 1. The Morgan fingerprint density at radius 3 is 2.10 bits per heavy atom. The van der Waals surface area contributed by atoms with E-state index in [2.05, 4.69) is 73.9 Å². The minimum absolute atomic E-state index is 0.0159. The zero-order chi connectivity index (χ0) is 27.6. The van der Waals surface area contributed by atoms with Gasteiger partial charge in [-0.2, -0.15) is 0 Å². The van der Waals surface area contributed by atoms with Crippen molar-refractivity contribution in [2.45, 2.75) is 32.4 Å². The molecule has 0 bridgehead atoms. The number of rotatable bonds is 3. The molecule has 1 aliphatic rings. The van der Waals surface area contributed by atoms with Crippen LogP contribution < -0.4 is 4.90 Å². The van der Waals surface area contributed by atoms with Crippen molar-refractivity contribution < 1.29 is 9.90 Å². The molecule has 1 N–H and O–H groups in total. The van der Waals surface area contributed by atoms with E-state index in [1.54, 1.807) is 0 Å². The lowest BCUT2D eigenvalue weighted by Crippen LogP contribution is -2.27. The van der Waals surface area contributed by atoms with Gasteiger partial charge in [-0.15, -0.1) is 0 Å². The predicted octanol–water partition coefficient (Wildman–Crippen LogP) is 8.40. The molecule has 5 aromatic carbocycles. The summed E-state index contributed by atoms with van der Waals surface area (Å²) in [6, 6.07) is 38.6. The molecular formula is C36H30N2O2. The van der Waals surface area contributed by atoms with E-state index in [-0.39, 0.29) is 11.3 Å². The molecule has 0 aliphatic carbocycles. The fourth-order valence-electron chi connectivity index (χ4n) is 5.97. The van der Waals surface area contributed by atoms with Gasteiger partial charge in [0.25, 0.3) is 5.91 Å². The van der Waals surface area contributed by atoms with E-state index >= 15 is 0 Å². The first kappa shape index (κ1) is 24.4. The minimum atomic E-state index is -1.06. The lowest BCUT2D eigenvalue weighted by atomic mass is 9.86. The Bertz CT molecular complexity index is 1910. The third-order valence-corrected chi connectivity index (χ3v) is 8.06. The summed E-state index contributed by atoms with van der Waals surface area (Å²) in [6.45, 7) is 6.66. The molecule has 0 radical (unpaired) electrons. The molecular weight excluding hydrogens is 492 g/mol. The first-order valence-corrected chi connectivity index (χ1v) is 13.7. The second-order valence-corrected chi connectivity index (χ2v) is 11.5. The SMILES string of the molecule is CC(C)(C)c1ccc2c(c1)c1ccccc1n2-c1cccc2c1C(=O)N(c1ccc(-c3ccccc3)cc1)C2O. The van der Waals surface area contributed by atoms with Gasteiger partial charge in [0.05, 0.1) is 22.3 Å². The molecule has 1 amide bonds. The summed E-state index contributed by atoms with van der Waals surface area (Å²) in [5, 5.41) is 13.7. The normalized spacial score (nSPS) is 15.2. The Balaban J connectivity index is 1.37. The van der Waals surface area contributed by atoms with Crippen LogP contribution in [0, 0.1) is 0 Å². The highest BCUT2D eigenvalue weighted by Crippen LogP contribution is 2.42. The third-order valence-electron chi connectivity index (χ3n) is 8.06. The van der Waals surface area contributed by atoms with Crippen LogP contribution in [-0.2, 0) is 5.41 Å². The first-order valence-electron chi connectivity index (χ1n) is 13.7. The van der Waals surface area contributed by atoms with Gasteiger partial charge in [0.1, 0.15) is 0 Å². The number of benzene rings is 5.